The van der Waals surface area contributed by atoms with Gasteiger partial charge in [0.2, 0.25) is 0 Å². The Labute approximate surface area is 137 Å². The van der Waals surface area contributed by atoms with E-state index in [1.54, 1.807) is 6.20 Å². The van der Waals surface area contributed by atoms with Gasteiger partial charge in [0, 0.05) is 24.6 Å². The molecule has 2 N–H and O–H groups in total. The number of carbonyl (C=O) groups is 1. The van der Waals surface area contributed by atoms with E-state index >= 15 is 0 Å². The molecule has 0 radical (unpaired) electrons. The van der Waals surface area contributed by atoms with Crippen LogP contribution in [0.25, 0.3) is 0 Å². The molecule has 23 heavy (non-hydrogen) atoms. The van der Waals surface area contributed by atoms with Gasteiger partial charge in [0.25, 0.3) is 5.91 Å². The Kier molecular flexibility index (Phi) is 4.14. The normalized spacial score (nSPS) is 31.5. The van der Waals surface area contributed by atoms with Crippen LogP contribution in [0.2, 0.25) is 0 Å². The first kappa shape index (κ1) is 15.2. The third kappa shape index (κ3) is 2.69. The zero-order valence-corrected chi connectivity index (χ0v) is 13.7. The number of nitrogens with one attached hydrogen (secondary N) is 1. The van der Waals surface area contributed by atoms with E-state index in [4.69, 9.17) is 0 Å². The van der Waals surface area contributed by atoms with Crippen LogP contribution < -0.4 is 0 Å². The molecule has 1 saturated carbocycles. The van der Waals surface area contributed by atoms with Crippen LogP contribution in [0, 0.1) is 5.92 Å². The molecule has 5 nitrogen and oxygen atoms in total. The molecule has 2 bridgehead atoms. The monoisotopic (exact) mass is 317 g/mol. The van der Waals surface area contributed by atoms with Crippen LogP contribution in [0.4, 0.5) is 0 Å². The second kappa shape index (κ2) is 6.27. The highest BCUT2D eigenvalue weighted by Crippen LogP contribution is 2.40. The van der Waals surface area contributed by atoms with Crippen LogP contribution in [0.1, 0.15) is 79.8 Å². The largest absolute Gasteiger partial charge is 0.396 e. The summed E-state index contributed by atoms with van der Waals surface area (Å²) in [5.41, 5.74) is 1.87. The van der Waals surface area contributed by atoms with E-state index < -0.39 is 0 Å². The van der Waals surface area contributed by atoms with Crippen molar-refractivity contribution in [3.05, 3.63) is 17.5 Å². The molecule has 3 fully saturated rings. The highest BCUT2D eigenvalue weighted by atomic mass is 16.3. The second-order valence-electron chi connectivity index (χ2n) is 7.65. The predicted molar refractivity (Wildman–Crippen MR) is 87.2 cm³/mol. The van der Waals surface area contributed by atoms with Crippen LogP contribution in [0.5, 0.6) is 0 Å². The average molecular weight is 317 g/mol. The van der Waals surface area contributed by atoms with Crippen molar-refractivity contribution in [3.63, 3.8) is 0 Å². The maximum Gasteiger partial charge on any atom is 0.257 e. The molecular weight excluding hydrogens is 290 g/mol. The smallest absolute Gasteiger partial charge is 0.257 e. The summed E-state index contributed by atoms with van der Waals surface area (Å²) in [6, 6.07) is 0.625. The molecule has 0 spiro atoms. The maximum atomic E-state index is 13.2. The SMILES string of the molecule is O=C(c1cn[nH]c1C1CCCCC1)N1[C@@H]2CC[C@H]1CC(CO)C2. The number of fused-ring (bicyclic) bond motifs is 2. The van der Waals surface area contributed by atoms with Gasteiger partial charge in [0.15, 0.2) is 0 Å². The van der Waals surface area contributed by atoms with Gasteiger partial charge in [0.1, 0.15) is 0 Å². The Morgan fingerprint density at radius 2 is 1.87 bits per heavy atom. The molecular formula is C18H27N3O2. The fraction of sp³-hybridized carbons (Fsp3) is 0.778. The number of aromatic nitrogens is 2. The lowest BCUT2D eigenvalue weighted by Gasteiger charge is -2.38. The molecule has 3 atom stereocenters. The van der Waals surface area contributed by atoms with Crippen molar-refractivity contribution < 1.29 is 9.90 Å². The fourth-order valence-corrected chi connectivity index (χ4v) is 5.08. The predicted octanol–water partition coefficient (Wildman–Crippen LogP) is 2.83. The maximum absolute atomic E-state index is 13.2. The minimum Gasteiger partial charge on any atom is -0.396 e. The van der Waals surface area contributed by atoms with Crippen molar-refractivity contribution >= 4 is 5.91 Å². The zero-order valence-electron chi connectivity index (χ0n) is 13.7. The standard InChI is InChI=1S/C18H27N3O2/c22-11-12-8-14-6-7-15(9-12)21(14)18(23)16-10-19-20-17(16)13-4-2-1-3-5-13/h10,12-15,22H,1-9,11H2,(H,19,20)/t12?,14-,15+. The number of nitrogens with zero attached hydrogens (tertiary/aromatic N) is 2. The number of rotatable bonds is 3. The molecule has 5 heteroatoms. The zero-order chi connectivity index (χ0) is 15.8. The van der Waals surface area contributed by atoms with E-state index in [0.29, 0.717) is 23.9 Å². The summed E-state index contributed by atoms with van der Waals surface area (Å²) >= 11 is 0. The van der Waals surface area contributed by atoms with Gasteiger partial charge >= 0.3 is 0 Å². The molecule has 2 saturated heterocycles. The Morgan fingerprint density at radius 3 is 2.52 bits per heavy atom. The first-order valence-electron chi connectivity index (χ1n) is 9.24. The number of aliphatic hydroxyl groups is 1. The first-order valence-corrected chi connectivity index (χ1v) is 9.24. The summed E-state index contributed by atoms with van der Waals surface area (Å²) in [7, 11) is 0. The van der Waals surface area contributed by atoms with Crippen LogP contribution in [0.15, 0.2) is 6.20 Å². The Hall–Kier alpha value is -1.36. The number of amides is 1. The van der Waals surface area contributed by atoms with Gasteiger partial charge < -0.3 is 10.0 Å². The first-order chi connectivity index (χ1) is 11.3. The van der Waals surface area contributed by atoms with Gasteiger partial charge in [-0.25, -0.2) is 0 Å². The van der Waals surface area contributed by atoms with Gasteiger partial charge in [-0.1, -0.05) is 19.3 Å². The van der Waals surface area contributed by atoms with E-state index in [2.05, 4.69) is 15.1 Å². The molecule has 0 aromatic carbocycles. The van der Waals surface area contributed by atoms with Gasteiger partial charge in [-0.2, -0.15) is 5.10 Å². The molecule has 3 heterocycles. The number of H-pyrrole nitrogens is 1. The Balaban J connectivity index is 1.55. The summed E-state index contributed by atoms with van der Waals surface area (Å²) in [6.45, 7) is 0.258. The summed E-state index contributed by atoms with van der Waals surface area (Å²) in [5, 5.41) is 16.8. The van der Waals surface area contributed by atoms with E-state index in [1.165, 1.54) is 32.1 Å². The molecule has 2 aliphatic heterocycles. The summed E-state index contributed by atoms with van der Waals surface area (Å²) in [6.07, 6.45) is 12.0. The quantitative estimate of drug-likeness (QED) is 0.900. The molecule has 1 aromatic heterocycles. The highest BCUT2D eigenvalue weighted by Gasteiger charge is 2.44. The molecule has 126 valence electrons. The number of hydrogen-bond acceptors (Lipinski definition) is 3. The summed E-state index contributed by atoms with van der Waals surface area (Å²) < 4.78 is 0. The van der Waals surface area contributed by atoms with Crippen molar-refractivity contribution in [2.45, 2.75) is 75.8 Å². The lowest BCUT2D eigenvalue weighted by atomic mass is 9.85. The Morgan fingerprint density at radius 1 is 1.17 bits per heavy atom. The lowest BCUT2D eigenvalue weighted by Crippen LogP contribution is -2.47. The molecule has 1 aliphatic carbocycles. The summed E-state index contributed by atoms with van der Waals surface area (Å²) in [4.78, 5) is 15.3. The number of aromatic amines is 1. The van der Waals surface area contributed by atoms with E-state index in [9.17, 15) is 9.90 Å². The van der Waals surface area contributed by atoms with Crippen LogP contribution in [-0.4, -0.2) is 44.8 Å². The molecule has 3 aliphatic rings. The molecule has 1 amide bonds. The number of piperidine rings is 1. The minimum atomic E-state index is 0.170. The van der Waals surface area contributed by atoms with E-state index in [1.807, 2.05) is 0 Å². The van der Waals surface area contributed by atoms with Crippen LogP contribution in [-0.2, 0) is 0 Å². The number of aliphatic hydroxyl groups excluding tert-OH is 1. The van der Waals surface area contributed by atoms with Gasteiger partial charge in [-0.05, 0) is 44.4 Å². The molecule has 1 unspecified atom stereocenters. The second-order valence-corrected chi connectivity index (χ2v) is 7.65. The average Bonchev–Trinajstić information content (AvgIpc) is 3.18. The summed E-state index contributed by atoms with van der Waals surface area (Å²) in [5.74, 6) is 1.01. The highest BCUT2D eigenvalue weighted by molar-refractivity contribution is 5.96. The van der Waals surface area contributed by atoms with Gasteiger partial charge in [-0.3, -0.25) is 9.89 Å². The fourth-order valence-electron chi connectivity index (χ4n) is 5.08. The third-order valence-electron chi connectivity index (χ3n) is 6.24. The van der Waals surface area contributed by atoms with Crippen LogP contribution >= 0.6 is 0 Å². The van der Waals surface area contributed by atoms with Crippen molar-refractivity contribution in [3.8, 4) is 0 Å². The lowest BCUT2D eigenvalue weighted by molar-refractivity contribution is 0.0451. The van der Waals surface area contributed by atoms with Crippen molar-refractivity contribution in [1.82, 2.24) is 15.1 Å². The van der Waals surface area contributed by atoms with Gasteiger partial charge in [0.05, 0.1) is 17.5 Å². The molecule has 1 aromatic rings. The topological polar surface area (TPSA) is 69.2 Å². The third-order valence-corrected chi connectivity index (χ3v) is 6.24. The van der Waals surface area contributed by atoms with Crippen molar-refractivity contribution in [2.75, 3.05) is 6.61 Å². The Bertz CT molecular complexity index is 550. The van der Waals surface area contributed by atoms with Crippen molar-refractivity contribution in [2.24, 2.45) is 5.92 Å². The van der Waals surface area contributed by atoms with E-state index in [-0.39, 0.29) is 12.5 Å². The number of carbonyl (C=O) groups excluding carboxylic acids is 1. The number of hydrogen-bond donors (Lipinski definition) is 2. The van der Waals surface area contributed by atoms with E-state index in [0.717, 1.165) is 36.9 Å². The molecule has 4 rings (SSSR count). The van der Waals surface area contributed by atoms with Gasteiger partial charge in [-0.15, -0.1) is 0 Å². The van der Waals surface area contributed by atoms with Crippen LogP contribution in [0.3, 0.4) is 0 Å². The van der Waals surface area contributed by atoms with Crippen molar-refractivity contribution in [1.29, 1.82) is 0 Å². The minimum absolute atomic E-state index is 0.170.